The molecule has 1 aliphatic rings. The number of ketones is 1. The van der Waals surface area contributed by atoms with E-state index in [4.69, 9.17) is 9.15 Å². The van der Waals surface area contributed by atoms with Crippen molar-refractivity contribution in [3.63, 3.8) is 0 Å². The Morgan fingerprint density at radius 3 is 2.38 bits per heavy atom. The van der Waals surface area contributed by atoms with E-state index >= 15 is 0 Å². The lowest BCUT2D eigenvalue weighted by Crippen LogP contribution is -2.15. The zero-order valence-corrected chi connectivity index (χ0v) is 19.2. The molecule has 1 aromatic heterocycles. The number of fused-ring (bicyclic) bond motifs is 1. The fourth-order valence-electron chi connectivity index (χ4n) is 3.99. The van der Waals surface area contributed by atoms with Crippen molar-refractivity contribution >= 4 is 5.78 Å². The molecule has 7 heteroatoms. The summed E-state index contributed by atoms with van der Waals surface area (Å²) in [5, 5.41) is 32.7. The number of hydrogen-bond acceptors (Lipinski definition) is 7. The summed E-state index contributed by atoms with van der Waals surface area (Å²) in [6, 6.07) is 0. The van der Waals surface area contributed by atoms with Crippen LogP contribution in [-0.4, -0.2) is 27.2 Å². The van der Waals surface area contributed by atoms with Gasteiger partial charge in [-0.2, -0.15) is 0 Å². The Kier molecular flexibility index (Phi) is 6.39. The second-order valence-electron chi connectivity index (χ2n) is 8.48. The van der Waals surface area contributed by atoms with E-state index < -0.39 is 29.2 Å². The van der Waals surface area contributed by atoms with Gasteiger partial charge in [0.05, 0.1) is 5.56 Å². The van der Waals surface area contributed by atoms with Crippen molar-refractivity contribution in [1.82, 2.24) is 0 Å². The average molecular weight is 443 g/mol. The number of aryl methyl sites for hydroxylation is 1. The average Bonchev–Trinajstić information content (AvgIpc) is 3.21. The third kappa shape index (κ3) is 3.76. The molecule has 0 fully saturated rings. The Bertz CT molecular complexity index is 1160. The quantitative estimate of drug-likeness (QED) is 0.432. The molecule has 0 saturated heterocycles. The monoisotopic (exact) mass is 442 g/mol. The van der Waals surface area contributed by atoms with Crippen molar-refractivity contribution < 1.29 is 29.3 Å². The lowest BCUT2D eigenvalue weighted by atomic mass is 9.89. The number of phenols is 2. The van der Waals surface area contributed by atoms with Gasteiger partial charge in [0.2, 0.25) is 0 Å². The summed E-state index contributed by atoms with van der Waals surface area (Å²) in [5.74, 6) is -1.24. The molecular weight excluding hydrogens is 412 g/mol. The fourth-order valence-corrected chi connectivity index (χ4v) is 3.99. The lowest BCUT2D eigenvalue weighted by Gasteiger charge is -2.18. The summed E-state index contributed by atoms with van der Waals surface area (Å²) < 4.78 is 11.3. The van der Waals surface area contributed by atoms with E-state index in [1.54, 1.807) is 27.7 Å². The molecular formula is C25H30O7. The Labute approximate surface area is 187 Å². The van der Waals surface area contributed by atoms with Crippen molar-refractivity contribution in [2.75, 3.05) is 0 Å². The van der Waals surface area contributed by atoms with E-state index in [2.05, 4.69) is 6.58 Å². The maximum atomic E-state index is 13.0. The minimum atomic E-state index is -0.726. The van der Waals surface area contributed by atoms with Crippen LogP contribution in [0, 0.1) is 12.8 Å². The molecule has 2 atom stereocenters. The second kappa shape index (κ2) is 8.73. The van der Waals surface area contributed by atoms with Gasteiger partial charge in [0, 0.05) is 41.9 Å². The third-order valence-corrected chi connectivity index (χ3v) is 6.30. The first-order valence-corrected chi connectivity index (χ1v) is 10.8. The molecule has 2 unspecified atom stereocenters. The van der Waals surface area contributed by atoms with Gasteiger partial charge in [-0.1, -0.05) is 27.4 Å². The highest BCUT2D eigenvalue weighted by Crippen LogP contribution is 2.49. The number of carbonyl (C=O) groups is 1. The van der Waals surface area contributed by atoms with Gasteiger partial charge in [0.15, 0.2) is 5.78 Å². The maximum Gasteiger partial charge on any atom is 0.343 e. The molecule has 3 N–H and O–H groups in total. The third-order valence-electron chi connectivity index (χ3n) is 6.30. The number of hydrogen-bond donors (Lipinski definition) is 3. The number of Topliss-reactive ketones (excluding diaryl/α,β-unsaturated/α-hetero) is 1. The Balaban J connectivity index is 2.26. The van der Waals surface area contributed by atoms with Crippen LogP contribution in [-0.2, 0) is 19.3 Å². The highest BCUT2D eigenvalue weighted by Gasteiger charge is 2.36. The van der Waals surface area contributed by atoms with Crippen LogP contribution in [0.1, 0.15) is 72.5 Å². The molecule has 0 bridgehead atoms. The van der Waals surface area contributed by atoms with Crippen LogP contribution in [0.2, 0.25) is 0 Å². The van der Waals surface area contributed by atoms with Crippen molar-refractivity contribution in [3.8, 4) is 23.0 Å². The first kappa shape index (κ1) is 23.4. The first-order chi connectivity index (χ1) is 15.0. The van der Waals surface area contributed by atoms with E-state index in [0.717, 1.165) is 0 Å². The standard InChI is InChI=1S/C25H30O7/c1-7-12(5)20(26)19-22(28)14(24-15(23(19)29)10-18(31-24)11(3)4)9-16-21(27)13(6)17(8-2)32-25(16)30/h12,18,27-29H,3,7-10H2,1-2,4-6H3. The topological polar surface area (TPSA) is 117 Å². The zero-order valence-electron chi connectivity index (χ0n) is 19.2. The molecule has 1 aliphatic heterocycles. The molecule has 7 nitrogen and oxygen atoms in total. The van der Waals surface area contributed by atoms with Gasteiger partial charge in [-0.3, -0.25) is 4.79 Å². The predicted octanol–water partition coefficient (Wildman–Crippen LogP) is 4.33. The van der Waals surface area contributed by atoms with E-state index in [9.17, 15) is 24.9 Å². The van der Waals surface area contributed by atoms with E-state index in [1.165, 1.54) is 0 Å². The molecule has 0 saturated carbocycles. The minimum Gasteiger partial charge on any atom is -0.507 e. The highest BCUT2D eigenvalue weighted by molar-refractivity contribution is 6.04. The second-order valence-corrected chi connectivity index (χ2v) is 8.48. The summed E-state index contributed by atoms with van der Waals surface area (Å²) in [6.45, 7) is 12.7. The Morgan fingerprint density at radius 1 is 1.16 bits per heavy atom. The number of ether oxygens (including phenoxy) is 1. The van der Waals surface area contributed by atoms with Crippen LogP contribution in [0.15, 0.2) is 21.4 Å². The van der Waals surface area contributed by atoms with E-state index in [1.807, 2.05) is 6.92 Å². The molecule has 32 heavy (non-hydrogen) atoms. The lowest BCUT2D eigenvalue weighted by molar-refractivity contribution is 0.0921. The zero-order chi connectivity index (χ0) is 23.9. The van der Waals surface area contributed by atoms with Crippen molar-refractivity contribution in [3.05, 3.63) is 56.1 Å². The number of benzene rings is 1. The van der Waals surface area contributed by atoms with Crippen molar-refractivity contribution in [2.45, 2.75) is 66.4 Å². The van der Waals surface area contributed by atoms with Crippen molar-refractivity contribution in [1.29, 1.82) is 0 Å². The van der Waals surface area contributed by atoms with Gasteiger partial charge in [-0.05, 0) is 25.8 Å². The number of carbonyl (C=O) groups excluding carboxylic acids is 1. The van der Waals surface area contributed by atoms with Gasteiger partial charge in [0.25, 0.3) is 0 Å². The smallest absolute Gasteiger partial charge is 0.343 e. The Morgan fingerprint density at radius 2 is 1.81 bits per heavy atom. The molecule has 0 spiro atoms. The van der Waals surface area contributed by atoms with Crippen LogP contribution in [0.5, 0.6) is 23.0 Å². The van der Waals surface area contributed by atoms with Gasteiger partial charge >= 0.3 is 5.63 Å². The van der Waals surface area contributed by atoms with E-state index in [0.29, 0.717) is 35.3 Å². The molecule has 172 valence electrons. The van der Waals surface area contributed by atoms with Crippen LogP contribution < -0.4 is 10.4 Å². The van der Waals surface area contributed by atoms with Crippen molar-refractivity contribution in [2.24, 2.45) is 5.92 Å². The summed E-state index contributed by atoms with van der Waals surface area (Å²) in [7, 11) is 0. The molecule has 0 radical (unpaired) electrons. The normalized spacial score (nSPS) is 15.8. The predicted molar refractivity (Wildman–Crippen MR) is 120 cm³/mol. The number of phenolic OH excluding ortho intramolecular Hbond substituents is 2. The number of aromatic hydroxyl groups is 3. The maximum absolute atomic E-state index is 13.0. The summed E-state index contributed by atoms with van der Waals surface area (Å²) in [4.78, 5) is 25.6. The summed E-state index contributed by atoms with van der Waals surface area (Å²) >= 11 is 0. The van der Waals surface area contributed by atoms with E-state index in [-0.39, 0.29) is 46.8 Å². The number of rotatable bonds is 7. The summed E-state index contributed by atoms with van der Waals surface area (Å²) in [5.41, 5.74) is 0.718. The van der Waals surface area contributed by atoms with Crippen LogP contribution >= 0.6 is 0 Å². The van der Waals surface area contributed by atoms with Gasteiger partial charge in [0.1, 0.15) is 40.4 Å². The van der Waals surface area contributed by atoms with Gasteiger partial charge < -0.3 is 24.5 Å². The SMILES string of the molecule is C=C(C)C1Cc2c(O)c(C(=O)C(C)CC)c(O)c(Cc3c(O)c(C)c(CC)oc3=O)c2O1. The molecule has 2 heterocycles. The van der Waals surface area contributed by atoms with Gasteiger partial charge in [-0.15, -0.1) is 0 Å². The molecule has 3 rings (SSSR count). The molecule has 0 amide bonds. The van der Waals surface area contributed by atoms with Gasteiger partial charge in [-0.25, -0.2) is 4.79 Å². The minimum absolute atomic E-state index is 0.0489. The largest absolute Gasteiger partial charge is 0.507 e. The molecule has 1 aromatic carbocycles. The highest BCUT2D eigenvalue weighted by atomic mass is 16.5. The summed E-state index contributed by atoms with van der Waals surface area (Å²) in [6.07, 6.45) is 0.566. The Hall–Kier alpha value is -3.22. The van der Waals surface area contributed by atoms with Crippen LogP contribution in [0.25, 0.3) is 0 Å². The molecule has 2 aromatic rings. The van der Waals surface area contributed by atoms with Crippen LogP contribution in [0.3, 0.4) is 0 Å². The fraction of sp³-hybridized carbons (Fsp3) is 0.440. The van der Waals surface area contributed by atoms with Crippen LogP contribution in [0.4, 0.5) is 0 Å². The molecule has 0 aliphatic carbocycles. The first-order valence-electron chi connectivity index (χ1n) is 10.8.